The number of nitrogens with zero attached hydrogens (tertiary/aromatic N) is 2. The molecular weight excluding hydrogens is 550 g/mol. The van der Waals surface area contributed by atoms with Crippen LogP contribution in [0.15, 0.2) is 87.8 Å². The number of carbonyl (C=O) groups is 1. The van der Waals surface area contributed by atoms with Crippen molar-refractivity contribution in [3.05, 3.63) is 126 Å². The quantitative estimate of drug-likeness (QED) is 0.285. The van der Waals surface area contributed by atoms with Crippen LogP contribution >= 0.6 is 11.3 Å². The van der Waals surface area contributed by atoms with E-state index in [2.05, 4.69) is 4.99 Å². The number of halogens is 2. The Hall–Kier alpha value is -4.57. The molecule has 0 amide bonds. The summed E-state index contributed by atoms with van der Waals surface area (Å²) in [6.45, 7) is 3.60. The number of esters is 1. The van der Waals surface area contributed by atoms with Gasteiger partial charge in [-0.25, -0.2) is 18.6 Å². The molecule has 41 heavy (non-hydrogen) atoms. The maximum absolute atomic E-state index is 14.1. The summed E-state index contributed by atoms with van der Waals surface area (Å²) in [5.41, 5.74) is 2.52. The minimum Gasteiger partial charge on any atom is -0.496 e. The van der Waals surface area contributed by atoms with E-state index in [9.17, 15) is 18.4 Å². The Bertz CT molecular complexity index is 1830. The lowest BCUT2D eigenvalue weighted by atomic mass is 9.96. The zero-order valence-corrected chi connectivity index (χ0v) is 23.3. The maximum Gasteiger partial charge on any atom is 0.338 e. The molecule has 4 aromatic rings. The fourth-order valence-electron chi connectivity index (χ4n) is 4.64. The Kier molecular flexibility index (Phi) is 8.11. The van der Waals surface area contributed by atoms with Crippen molar-refractivity contribution in [3.8, 4) is 11.5 Å². The smallest absolute Gasteiger partial charge is 0.338 e. The summed E-state index contributed by atoms with van der Waals surface area (Å²) >= 11 is 1.21. The number of carbonyl (C=O) groups excluding carboxylic acids is 1. The molecule has 10 heteroatoms. The van der Waals surface area contributed by atoms with Crippen LogP contribution in [0.1, 0.15) is 36.6 Å². The van der Waals surface area contributed by atoms with Crippen molar-refractivity contribution in [1.29, 1.82) is 0 Å². The number of allylic oxidation sites excluding steroid dienone is 1. The standard InChI is InChI=1S/C31H26F2N2O5S/c1-4-39-30(37)27-18(2)34-31-35(28(27)20-8-6-5-7-9-20)29(36)26(41-31)15-19-10-12-24(38-3)21(14-19)17-40-25-13-11-22(32)16-23(25)33/h5-16,28H,4,17H2,1-3H3/b26-15-/t28-/m1/s1. The predicted molar refractivity (Wildman–Crippen MR) is 151 cm³/mol. The Morgan fingerprint density at radius 1 is 1.07 bits per heavy atom. The van der Waals surface area contributed by atoms with E-state index in [1.54, 1.807) is 38.1 Å². The van der Waals surface area contributed by atoms with E-state index in [4.69, 9.17) is 14.2 Å². The Morgan fingerprint density at radius 3 is 2.54 bits per heavy atom. The second-order valence-corrected chi connectivity index (χ2v) is 10.2. The molecule has 7 nitrogen and oxygen atoms in total. The Balaban J connectivity index is 1.56. The van der Waals surface area contributed by atoms with Gasteiger partial charge in [0.25, 0.3) is 5.56 Å². The zero-order valence-electron chi connectivity index (χ0n) is 22.5. The van der Waals surface area contributed by atoms with Gasteiger partial charge in [-0.15, -0.1) is 0 Å². The van der Waals surface area contributed by atoms with E-state index in [1.165, 1.54) is 29.1 Å². The summed E-state index contributed by atoms with van der Waals surface area (Å²) in [7, 11) is 1.50. The van der Waals surface area contributed by atoms with Gasteiger partial charge < -0.3 is 14.2 Å². The monoisotopic (exact) mass is 576 g/mol. The minimum atomic E-state index is -0.813. The normalized spacial score (nSPS) is 14.9. The van der Waals surface area contributed by atoms with Crippen LogP contribution < -0.4 is 24.4 Å². The summed E-state index contributed by atoms with van der Waals surface area (Å²) in [5.74, 6) is -1.62. The highest BCUT2D eigenvalue weighted by atomic mass is 32.1. The highest BCUT2D eigenvalue weighted by Crippen LogP contribution is 2.30. The lowest BCUT2D eigenvalue weighted by molar-refractivity contribution is -0.139. The van der Waals surface area contributed by atoms with Gasteiger partial charge in [-0.05, 0) is 55.3 Å². The van der Waals surface area contributed by atoms with Gasteiger partial charge in [0.05, 0.1) is 35.6 Å². The fraction of sp³-hybridized carbons (Fsp3) is 0.194. The molecule has 0 radical (unpaired) electrons. The molecule has 0 unspecified atom stereocenters. The Morgan fingerprint density at radius 2 is 1.83 bits per heavy atom. The number of fused-ring (bicyclic) bond motifs is 1. The molecule has 0 saturated heterocycles. The summed E-state index contributed by atoms with van der Waals surface area (Å²) in [6.07, 6.45) is 1.72. The molecule has 2 heterocycles. The highest BCUT2D eigenvalue weighted by Gasteiger charge is 2.33. The molecular formula is C31H26F2N2O5S. The fourth-order valence-corrected chi connectivity index (χ4v) is 5.69. The van der Waals surface area contributed by atoms with E-state index in [1.807, 2.05) is 30.3 Å². The van der Waals surface area contributed by atoms with Gasteiger partial charge in [-0.2, -0.15) is 0 Å². The second-order valence-electron chi connectivity index (χ2n) is 9.15. The van der Waals surface area contributed by atoms with E-state index < -0.39 is 23.6 Å². The first-order valence-corrected chi connectivity index (χ1v) is 13.6. The maximum atomic E-state index is 14.1. The topological polar surface area (TPSA) is 79.1 Å². The molecule has 5 rings (SSSR count). The minimum absolute atomic E-state index is 0.0508. The predicted octanol–water partition coefficient (Wildman–Crippen LogP) is 4.66. The number of benzene rings is 3. The van der Waals surface area contributed by atoms with Crippen LogP contribution in [-0.2, 0) is 16.1 Å². The summed E-state index contributed by atoms with van der Waals surface area (Å²) in [4.78, 5) is 31.8. The van der Waals surface area contributed by atoms with Crippen molar-refractivity contribution in [2.24, 2.45) is 4.99 Å². The van der Waals surface area contributed by atoms with Gasteiger partial charge in [0.1, 0.15) is 18.2 Å². The van der Waals surface area contributed by atoms with E-state index in [0.29, 0.717) is 37.5 Å². The summed E-state index contributed by atoms with van der Waals surface area (Å²) in [6, 6.07) is 16.9. The first-order valence-electron chi connectivity index (χ1n) is 12.8. The van der Waals surface area contributed by atoms with Crippen molar-refractivity contribution in [3.63, 3.8) is 0 Å². The SMILES string of the molecule is CCOC(=O)C1=C(C)N=c2s/c(=C\c3ccc(OC)c(COc4ccc(F)cc4F)c3)c(=O)n2[C@@H]1c1ccccc1. The number of thiazole rings is 1. The molecule has 0 fully saturated rings. The van der Waals surface area contributed by atoms with Crippen molar-refractivity contribution in [1.82, 2.24) is 4.57 Å². The number of ether oxygens (including phenoxy) is 3. The molecule has 0 N–H and O–H groups in total. The Labute approximate surface area is 238 Å². The van der Waals surface area contributed by atoms with E-state index in [-0.39, 0.29) is 24.5 Å². The van der Waals surface area contributed by atoms with Crippen molar-refractivity contribution >= 4 is 23.4 Å². The van der Waals surface area contributed by atoms with Crippen LogP contribution in [0.5, 0.6) is 11.5 Å². The first kappa shape index (κ1) is 28.0. The lowest BCUT2D eigenvalue weighted by Crippen LogP contribution is -2.39. The van der Waals surface area contributed by atoms with Gasteiger partial charge in [0, 0.05) is 11.6 Å². The second kappa shape index (κ2) is 11.9. The molecule has 210 valence electrons. The van der Waals surface area contributed by atoms with Gasteiger partial charge in [-0.3, -0.25) is 9.36 Å². The molecule has 0 saturated carbocycles. The average molecular weight is 577 g/mol. The van der Waals surface area contributed by atoms with Crippen LogP contribution in [0.3, 0.4) is 0 Å². The largest absolute Gasteiger partial charge is 0.496 e. The molecule has 0 spiro atoms. The molecule has 0 aliphatic carbocycles. The third-order valence-electron chi connectivity index (χ3n) is 6.51. The first-order chi connectivity index (χ1) is 19.8. The summed E-state index contributed by atoms with van der Waals surface area (Å²) < 4.78 is 45.6. The molecule has 3 aromatic carbocycles. The van der Waals surface area contributed by atoms with Gasteiger partial charge in [-0.1, -0.05) is 47.7 Å². The highest BCUT2D eigenvalue weighted by molar-refractivity contribution is 7.07. The molecule has 1 aromatic heterocycles. The van der Waals surface area contributed by atoms with E-state index >= 15 is 0 Å². The van der Waals surface area contributed by atoms with Gasteiger partial charge >= 0.3 is 5.97 Å². The van der Waals surface area contributed by atoms with Crippen molar-refractivity contribution < 1.29 is 27.8 Å². The van der Waals surface area contributed by atoms with Crippen LogP contribution in [-0.4, -0.2) is 24.3 Å². The van der Waals surface area contributed by atoms with Crippen LogP contribution in [0, 0.1) is 11.6 Å². The number of rotatable bonds is 8. The van der Waals surface area contributed by atoms with Crippen molar-refractivity contribution in [2.75, 3.05) is 13.7 Å². The number of aromatic nitrogens is 1. The van der Waals surface area contributed by atoms with Crippen LogP contribution in [0.2, 0.25) is 0 Å². The van der Waals surface area contributed by atoms with Gasteiger partial charge in [0.2, 0.25) is 0 Å². The molecule has 1 atom stereocenters. The number of hydrogen-bond donors (Lipinski definition) is 0. The molecule has 0 bridgehead atoms. The molecule has 1 aliphatic rings. The lowest BCUT2D eigenvalue weighted by Gasteiger charge is -2.24. The van der Waals surface area contributed by atoms with Crippen LogP contribution in [0.25, 0.3) is 6.08 Å². The van der Waals surface area contributed by atoms with E-state index in [0.717, 1.165) is 17.7 Å². The number of hydrogen-bond acceptors (Lipinski definition) is 7. The zero-order chi connectivity index (χ0) is 29.1. The van der Waals surface area contributed by atoms with Gasteiger partial charge in [0.15, 0.2) is 16.4 Å². The summed E-state index contributed by atoms with van der Waals surface area (Å²) in [5, 5.41) is 0. The number of methoxy groups -OCH3 is 1. The molecule has 1 aliphatic heterocycles. The third kappa shape index (κ3) is 5.69. The average Bonchev–Trinajstić information content (AvgIpc) is 3.26. The van der Waals surface area contributed by atoms with Crippen LogP contribution in [0.4, 0.5) is 8.78 Å². The van der Waals surface area contributed by atoms with Crippen molar-refractivity contribution in [2.45, 2.75) is 26.5 Å². The third-order valence-corrected chi connectivity index (χ3v) is 7.49.